The highest BCUT2D eigenvalue weighted by Crippen LogP contribution is 2.13. The maximum atomic E-state index is 11.7. The Hall–Kier alpha value is -2.70. The number of anilines is 1. The Morgan fingerprint density at radius 2 is 2.18 bits per heavy atom. The van der Waals surface area contributed by atoms with Gasteiger partial charge < -0.3 is 4.98 Å². The van der Waals surface area contributed by atoms with Gasteiger partial charge in [0.2, 0.25) is 5.95 Å². The van der Waals surface area contributed by atoms with Crippen LogP contribution in [-0.4, -0.2) is 31.3 Å². The molecule has 3 rings (SSSR count). The number of amides is 1. The lowest BCUT2D eigenvalue weighted by Crippen LogP contribution is -2.13. The first-order valence-corrected chi connectivity index (χ1v) is 4.95. The van der Waals surface area contributed by atoms with Gasteiger partial charge in [-0.3, -0.25) is 10.1 Å². The van der Waals surface area contributed by atoms with E-state index in [1.807, 2.05) is 24.3 Å². The topological polar surface area (TPSA) is 99.4 Å². The average molecular weight is 228 g/mol. The van der Waals surface area contributed by atoms with Crippen LogP contribution in [-0.2, 0) is 0 Å². The molecule has 0 aliphatic rings. The lowest BCUT2D eigenvalue weighted by Gasteiger charge is -1.96. The highest BCUT2D eigenvalue weighted by molar-refractivity contribution is 6.02. The number of fused-ring (bicyclic) bond motifs is 1. The van der Waals surface area contributed by atoms with Crippen molar-refractivity contribution in [2.75, 3.05) is 5.32 Å². The molecule has 2 heterocycles. The molecule has 7 heteroatoms. The van der Waals surface area contributed by atoms with Crippen molar-refractivity contribution in [2.45, 2.75) is 0 Å². The van der Waals surface area contributed by atoms with Crippen LogP contribution in [0, 0.1) is 0 Å². The number of carbonyl (C=O) groups is 1. The summed E-state index contributed by atoms with van der Waals surface area (Å²) >= 11 is 0. The minimum atomic E-state index is -0.363. The van der Waals surface area contributed by atoms with Gasteiger partial charge in [0.05, 0.1) is 17.2 Å². The fourth-order valence-electron chi connectivity index (χ4n) is 1.49. The summed E-state index contributed by atoms with van der Waals surface area (Å²) in [6.45, 7) is 0. The van der Waals surface area contributed by atoms with E-state index in [0.717, 1.165) is 11.0 Å². The van der Waals surface area contributed by atoms with Gasteiger partial charge in [0.1, 0.15) is 0 Å². The lowest BCUT2D eigenvalue weighted by atomic mass is 10.3. The molecule has 2 aromatic heterocycles. The first-order chi connectivity index (χ1) is 8.33. The molecule has 0 aliphatic carbocycles. The van der Waals surface area contributed by atoms with Crippen molar-refractivity contribution in [3.8, 4) is 0 Å². The first-order valence-electron chi connectivity index (χ1n) is 4.95. The zero-order chi connectivity index (χ0) is 11.7. The van der Waals surface area contributed by atoms with Gasteiger partial charge in [-0.1, -0.05) is 12.1 Å². The highest BCUT2D eigenvalue weighted by Gasteiger charge is 2.10. The number of hydrogen-bond donors (Lipinski definition) is 3. The van der Waals surface area contributed by atoms with Crippen molar-refractivity contribution >= 4 is 22.9 Å². The van der Waals surface area contributed by atoms with Crippen molar-refractivity contribution < 1.29 is 4.79 Å². The number of nitrogens with zero attached hydrogens (tertiary/aromatic N) is 3. The van der Waals surface area contributed by atoms with Gasteiger partial charge in [-0.05, 0) is 12.1 Å². The van der Waals surface area contributed by atoms with E-state index in [1.165, 1.54) is 6.20 Å². The third-order valence-electron chi connectivity index (χ3n) is 2.27. The number of imidazole rings is 1. The summed E-state index contributed by atoms with van der Waals surface area (Å²) in [7, 11) is 0. The largest absolute Gasteiger partial charge is 0.324 e. The second kappa shape index (κ2) is 3.71. The van der Waals surface area contributed by atoms with E-state index < -0.39 is 0 Å². The van der Waals surface area contributed by atoms with Crippen LogP contribution in [0.2, 0.25) is 0 Å². The van der Waals surface area contributed by atoms with Gasteiger partial charge in [-0.15, -0.1) is 0 Å². The maximum absolute atomic E-state index is 11.7. The number of benzene rings is 1. The third-order valence-corrected chi connectivity index (χ3v) is 2.27. The zero-order valence-corrected chi connectivity index (χ0v) is 8.64. The Labute approximate surface area is 95.3 Å². The van der Waals surface area contributed by atoms with Gasteiger partial charge in [0.25, 0.3) is 5.91 Å². The van der Waals surface area contributed by atoms with Crippen LogP contribution in [0.15, 0.2) is 30.5 Å². The molecule has 0 atom stereocenters. The molecule has 84 valence electrons. The van der Waals surface area contributed by atoms with Gasteiger partial charge >= 0.3 is 0 Å². The number of para-hydroxylation sites is 2. The smallest absolute Gasteiger partial charge is 0.280 e. The summed E-state index contributed by atoms with van der Waals surface area (Å²) < 4.78 is 0. The molecule has 0 spiro atoms. The van der Waals surface area contributed by atoms with Crippen LogP contribution in [0.3, 0.4) is 0 Å². The molecule has 1 amide bonds. The van der Waals surface area contributed by atoms with E-state index in [4.69, 9.17) is 0 Å². The minimum Gasteiger partial charge on any atom is -0.324 e. The van der Waals surface area contributed by atoms with Crippen LogP contribution in [0.4, 0.5) is 5.95 Å². The minimum absolute atomic E-state index is 0.213. The second-order valence-electron chi connectivity index (χ2n) is 3.41. The summed E-state index contributed by atoms with van der Waals surface area (Å²) in [5.74, 6) is 0.0250. The second-order valence-corrected chi connectivity index (χ2v) is 3.41. The number of hydrogen-bond acceptors (Lipinski definition) is 4. The molecule has 0 fully saturated rings. The lowest BCUT2D eigenvalue weighted by molar-refractivity contribution is 0.102. The molecule has 3 N–H and O–H groups in total. The summed E-state index contributed by atoms with van der Waals surface area (Å²) in [4.78, 5) is 18.9. The van der Waals surface area contributed by atoms with Crippen molar-refractivity contribution in [1.29, 1.82) is 0 Å². The van der Waals surface area contributed by atoms with Gasteiger partial charge in [0, 0.05) is 0 Å². The summed E-state index contributed by atoms with van der Waals surface area (Å²) in [5, 5.41) is 12.2. The van der Waals surface area contributed by atoms with Crippen molar-refractivity contribution in [3.05, 3.63) is 36.2 Å². The predicted octanol–water partition coefficient (Wildman–Crippen LogP) is 0.933. The molecular weight excluding hydrogens is 220 g/mol. The van der Waals surface area contributed by atoms with E-state index in [-0.39, 0.29) is 11.6 Å². The molecule has 0 saturated carbocycles. The van der Waals surface area contributed by atoms with Gasteiger partial charge in [-0.2, -0.15) is 15.4 Å². The summed E-state index contributed by atoms with van der Waals surface area (Å²) in [6.07, 6.45) is 1.35. The van der Waals surface area contributed by atoms with Gasteiger partial charge in [-0.25, -0.2) is 4.98 Å². The van der Waals surface area contributed by atoms with E-state index >= 15 is 0 Å². The monoisotopic (exact) mass is 228 g/mol. The van der Waals surface area contributed by atoms with Crippen LogP contribution in [0.25, 0.3) is 11.0 Å². The third kappa shape index (κ3) is 1.73. The molecule has 0 radical (unpaired) electrons. The predicted molar refractivity (Wildman–Crippen MR) is 60.4 cm³/mol. The molecule has 3 aromatic rings. The molecule has 1 aromatic carbocycles. The molecule has 17 heavy (non-hydrogen) atoms. The first kappa shape index (κ1) is 9.52. The number of nitrogens with one attached hydrogen (secondary N) is 3. The summed E-state index contributed by atoms with van der Waals surface area (Å²) in [5.41, 5.74) is 1.87. The van der Waals surface area contributed by atoms with E-state index in [2.05, 4.69) is 30.7 Å². The Kier molecular flexibility index (Phi) is 2.08. The van der Waals surface area contributed by atoms with Crippen molar-refractivity contribution in [1.82, 2.24) is 25.4 Å². The summed E-state index contributed by atoms with van der Waals surface area (Å²) in [6, 6.07) is 7.52. The molecule has 0 saturated heterocycles. The molecule has 0 bridgehead atoms. The fourth-order valence-corrected chi connectivity index (χ4v) is 1.49. The Morgan fingerprint density at radius 1 is 1.29 bits per heavy atom. The molecule has 0 aliphatic heterocycles. The molecule has 0 unspecified atom stereocenters. The fraction of sp³-hybridized carbons (Fsp3) is 0. The SMILES string of the molecule is O=C(Nc1nc2ccccc2[nH]1)c1cn[nH]n1. The number of H-pyrrole nitrogens is 2. The number of aromatic amines is 2. The molecular formula is C10H8N6O. The molecule has 7 nitrogen and oxygen atoms in total. The van der Waals surface area contributed by atoms with Crippen LogP contribution < -0.4 is 5.32 Å². The van der Waals surface area contributed by atoms with Crippen LogP contribution in [0.1, 0.15) is 10.5 Å². The van der Waals surface area contributed by atoms with Gasteiger partial charge in [0.15, 0.2) is 5.69 Å². The van der Waals surface area contributed by atoms with Crippen LogP contribution >= 0.6 is 0 Å². The van der Waals surface area contributed by atoms with Crippen molar-refractivity contribution in [2.24, 2.45) is 0 Å². The van der Waals surface area contributed by atoms with E-state index in [0.29, 0.717) is 5.95 Å². The average Bonchev–Trinajstić information content (AvgIpc) is 2.97. The van der Waals surface area contributed by atoms with E-state index in [1.54, 1.807) is 0 Å². The normalized spacial score (nSPS) is 10.6. The van der Waals surface area contributed by atoms with E-state index in [9.17, 15) is 4.79 Å². The van der Waals surface area contributed by atoms with Crippen LogP contribution in [0.5, 0.6) is 0 Å². The number of rotatable bonds is 2. The number of aromatic nitrogens is 5. The maximum Gasteiger partial charge on any atom is 0.280 e. The standard InChI is InChI=1S/C10H8N6O/c17-9(8-5-11-16-15-8)14-10-12-6-3-1-2-4-7(6)13-10/h1-5H,(H,11,15,16)(H2,12,13,14,17). The highest BCUT2D eigenvalue weighted by atomic mass is 16.2. The Morgan fingerprint density at radius 3 is 2.94 bits per heavy atom. The number of carbonyl (C=O) groups excluding carboxylic acids is 1. The zero-order valence-electron chi connectivity index (χ0n) is 8.64. The van der Waals surface area contributed by atoms with Crippen molar-refractivity contribution in [3.63, 3.8) is 0 Å². The Bertz CT molecular complexity index is 623. The Balaban J connectivity index is 1.88. The quantitative estimate of drug-likeness (QED) is 0.607.